The average molecular weight is 804 g/mol. The molecule has 3 N–H and O–H groups in total. The van der Waals surface area contributed by atoms with E-state index in [1.165, 1.54) is 38.2 Å². The first-order valence-corrected chi connectivity index (χ1v) is 21.0. The number of anilines is 1. The number of phenolic OH excluding ortho intramolecular Hbond substituents is 1. The lowest BCUT2D eigenvalue weighted by Gasteiger charge is -2.58. The first kappa shape index (κ1) is 39.5. The molecule has 312 valence electrons. The highest BCUT2D eigenvalue weighted by molar-refractivity contribution is 6.03. The highest BCUT2D eigenvalue weighted by atomic mass is 19.1. The summed E-state index contributed by atoms with van der Waals surface area (Å²) in [5, 5.41) is 33.5. The number of hydrogen-bond donors (Lipinski definition) is 3. The number of methoxy groups -OCH3 is 1. The largest absolute Gasteiger partial charge is 0.508 e. The molecule has 2 saturated carbocycles. The van der Waals surface area contributed by atoms with E-state index in [1.54, 1.807) is 17.9 Å². The number of nitrogens with zero attached hydrogens (tertiary/aromatic N) is 5. The van der Waals surface area contributed by atoms with Gasteiger partial charge in [-0.2, -0.15) is 9.97 Å². The van der Waals surface area contributed by atoms with E-state index in [1.807, 2.05) is 6.92 Å². The van der Waals surface area contributed by atoms with Gasteiger partial charge in [-0.15, -0.1) is 0 Å². The van der Waals surface area contributed by atoms with Crippen molar-refractivity contribution in [1.29, 1.82) is 0 Å². The first-order chi connectivity index (χ1) is 28.0. The molecular formula is C44H55F2N5O7. The Balaban J connectivity index is 1.14. The van der Waals surface area contributed by atoms with Gasteiger partial charge in [0, 0.05) is 42.8 Å². The van der Waals surface area contributed by atoms with Gasteiger partial charge in [0.15, 0.2) is 5.82 Å². The average Bonchev–Trinajstić information content (AvgIpc) is 3.58. The third kappa shape index (κ3) is 6.92. The van der Waals surface area contributed by atoms with Crippen molar-refractivity contribution in [1.82, 2.24) is 19.9 Å². The van der Waals surface area contributed by atoms with Gasteiger partial charge in [0.25, 0.3) is 0 Å². The van der Waals surface area contributed by atoms with E-state index in [0.717, 1.165) is 64.7 Å². The number of rotatable bonds is 9. The molecule has 14 heteroatoms. The number of phenols is 1. The molecule has 2 aromatic carbocycles. The van der Waals surface area contributed by atoms with Crippen LogP contribution in [0.3, 0.4) is 0 Å². The van der Waals surface area contributed by atoms with Crippen LogP contribution in [0, 0.1) is 22.5 Å². The van der Waals surface area contributed by atoms with E-state index < -0.39 is 23.3 Å². The number of piperidine rings is 1. The summed E-state index contributed by atoms with van der Waals surface area (Å²) in [6.07, 6.45) is 9.68. The van der Waals surface area contributed by atoms with E-state index in [0.29, 0.717) is 46.9 Å². The van der Waals surface area contributed by atoms with E-state index in [-0.39, 0.29) is 77.3 Å². The molecule has 0 radical (unpaired) electrons. The molecule has 9 rings (SSSR count). The predicted molar refractivity (Wildman–Crippen MR) is 214 cm³/mol. The maximum atomic E-state index is 17.5. The van der Waals surface area contributed by atoms with Crippen molar-refractivity contribution in [3.63, 3.8) is 0 Å². The summed E-state index contributed by atoms with van der Waals surface area (Å²) in [6, 6.07) is 6.68. The Morgan fingerprint density at radius 1 is 1.02 bits per heavy atom. The summed E-state index contributed by atoms with van der Waals surface area (Å²) in [4.78, 5) is 18.9. The van der Waals surface area contributed by atoms with Gasteiger partial charge < -0.3 is 39.2 Å². The van der Waals surface area contributed by atoms with Crippen LogP contribution in [0.2, 0.25) is 0 Å². The van der Waals surface area contributed by atoms with Gasteiger partial charge in [-0.1, -0.05) is 19.4 Å². The van der Waals surface area contributed by atoms with Gasteiger partial charge in [-0.25, -0.2) is 13.8 Å². The maximum Gasteiger partial charge on any atom is 0.319 e. The lowest BCUT2D eigenvalue weighted by Crippen LogP contribution is -2.61. The van der Waals surface area contributed by atoms with Crippen molar-refractivity contribution >= 4 is 27.5 Å². The molecule has 5 fully saturated rings. The molecular weight excluding hydrogens is 749 g/mol. The number of aryl methyl sites for hydroxylation is 1. The lowest BCUT2D eigenvalue weighted by molar-refractivity contribution is -0.112. The summed E-state index contributed by atoms with van der Waals surface area (Å²) >= 11 is 0. The number of hydrogen-bond acceptors (Lipinski definition) is 12. The maximum absolute atomic E-state index is 17.5. The Kier molecular flexibility index (Phi) is 10.4. The second-order valence-electron chi connectivity index (χ2n) is 17.9. The zero-order valence-corrected chi connectivity index (χ0v) is 33.7. The molecule has 4 aromatic rings. The van der Waals surface area contributed by atoms with Crippen molar-refractivity contribution < 1.29 is 43.0 Å². The summed E-state index contributed by atoms with van der Waals surface area (Å²) < 4.78 is 56.9. The molecule has 2 aliphatic carbocycles. The quantitative estimate of drug-likeness (QED) is 0.174. The third-order valence-corrected chi connectivity index (χ3v) is 14.0. The monoisotopic (exact) mass is 803 g/mol. The van der Waals surface area contributed by atoms with Gasteiger partial charge in [-0.3, -0.25) is 4.90 Å². The number of halogens is 2. The summed E-state index contributed by atoms with van der Waals surface area (Å²) in [5.74, 6) is -1.21. The van der Waals surface area contributed by atoms with Crippen LogP contribution in [0.1, 0.15) is 77.2 Å². The van der Waals surface area contributed by atoms with Crippen molar-refractivity contribution in [3.05, 3.63) is 41.5 Å². The molecule has 0 bridgehead atoms. The minimum Gasteiger partial charge on any atom is -0.508 e. The van der Waals surface area contributed by atoms with Crippen molar-refractivity contribution in [2.75, 3.05) is 64.7 Å². The molecule has 12 nitrogen and oxygen atoms in total. The number of aromatic hydroxyl groups is 1. The summed E-state index contributed by atoms with van der Waals surface area (Å²) in [7, 11) is 1.41. The van der Waals surface area contributed by atoms with Crippen LogP contribution < -0.4 is 14.4 Å². The number of β-amino-alcohol motifs (C(OH)–C–C–N with tert-alkyl or cyclic N) is 1. The van der Waals surface area contributed by atoms with Gasteiger partial charge in [0.1, 0.15) is 39.6 Å². The zero-order chi connectivity index (χ0) is 40.4. The van der Waals surface area contributed by atoms with Crippen LogP contribution in [0.5, 0.6) is 17.6 Å². The van der Waals surface area contributed by atoms with E-state index in [2.05, 4.69) is 9.88 Å². The van der Waals surface area contributed by atoms with Crippen LogP contribution in [0.15, 0.2) is 24.3 Å². The number of aromatic nitrogens is 3. The smallest absolute Gasteiger partial charge is 0.319 e. The van der Waals surface area contributed by atoms with Gasteiger partial charge >= 0.3 is 6.01 Å². The summed E-state index contributed by atoms with van der Waals surface area (Å²) in [6.45, 7) is 6.41. The molecule has 3 saturated heterocycles. The van der Waals surface area contributed by atoms with E-state index in [4.69, 9.17) is 28.9 Å². The van der Waals surface area contributed by atoms with Crippen molar-refractivity contribution in [2.24, 2.45) is 10.8 Å². The Morgan fingerprint density at radius 2 is 1.81 bits per heavy atom. The van der Waals surface area contributed by atoms with Crippen LogP contribution >= 0.6 is 0 Å². The van der Waals surface area contributed by atoms with Crippen LogP contribution in [0.4, 0.5) is 14.6 Å². The second kappa shape index (κ2) is 15.3. The normalized spacial score (nSPS) is 27.8. The molecule has 1 spiro atoms. The van der Waals surface area contributed by atoms with Gasteiger partial charge in [0.2, 0.25) is 5.88 Å². The second-order valence-corrected chi connectivity index (χ2v) is 17.9. The van der Waals surface area contributed by atoms with Crippen LogP contribution in [-0.4, -0.2) is 119 Å². The molecule has 5 aliphatic rings. The number of benzene rings is 2. The lowest BCUT2D eigenvalue weighted by atomic mass is 9.60. The summed E-state index contributed by atoms with van der Waals surface area (Å²) in [5.41, 5.74) is -0.819. The Hall–Kier alpha value is -3.95. The Bertz CT molecular complexity index is 2190. The molecule has 2 aromatic heterocycles. The fourth-order valence-corrected chi connectivity index (χ4v) is 11.1. The molecule has 3 aliphatic heterocycles. The van der Waals surface area contributed by atoms with Gasteiger partial charge in [0.05, 0.1) is 39.6 Å². The fourth-order valence-electron chi connectivity index (χ4n) is 11.1. The van der Waals surface area contributed by atoms with Crippen LogP contribution in [-0.2, 0) is 15.9 Å². The molecule has 0 amide bonds. The highest BCUT2D eigenvalue weighted by Gasteiger charge is 2.55. The number of ether oxygens (including phenoxy) is 4. The van der Waals surface area contributed by atoms with E-state index >= 15 is 8.78 Å². The molecule has 58 heavy (non-hydrogen) atoms. The molecule has 4 unspecified atom stereocenters. The fraction of sp³-hybridized carbons (Fsp3) is 0.614. The van der Waals surface area contributed by atoms with Crippen molar-refractivity contribution in [3.8, 4) is 28.9 Å². The third-order valence-electron chi connectivity index (χ3n) is 14.0. The molecule has 5 heterocycles. The van der Waals surface area contributed by atoms with E-state index in [9.17, 15) is 15.3 Å². The van der Waals surface area contributed by atoms with Crippen molar-refractivity contribution in [2.45, 2.75) is 102 Å². The SMILES string of the molecule is CCc1c(F)ccc2cc(O)cc(-c3nc(OC)c4c(N5CC(CO)OCC(C)(O)C5)nc(OCC56CCCC5N(C5CC7(CCOCC7)C5)CCC6)nc4c3F)c12. The standard InChI is InChI=1S/C44H55F2N5O7/c1-4-30-32(45)9-8-26-17-28(53)18-31(34(26)30)37-36(46)38-35(40(47-37)55-3)39(50-21-29(22-52)57-24-42(2,54)23-50)49-41(48-38)58-25-44-10-5-7-33(44)51(14-6-11-44)27-19-43(20-27)12-15-56-16-13-43/h8-9,17-18,27,29,33,52-54H,4-7,10-16,19-25H2,1-3H3. The minimum atomic E-state index is -1.35. The number of aliphatic hydroxyl groups excluding tert-OH is 1. The number of aliphatic hydroxyl groups is 2. The number of pyridine rings is 1. The minimum absolute atomic E-state index is 0.00979. The zero-order valence-electron chi connectivity index (χ0n) is 33.7. The first-order valence-electron chi connectivity index (χ1n) is 21.0. The Labute approximate surface area is 337 Å². The molecule has 4 atom stereocenters. The van der Waals surface area contributed by atoms with Gasteiger partial charge in [-0.05, 0) is 111 Å². The number of likely N-dealkylation sites (tertiary alicyclic amines) is 1. The predicted octanol–water partition coefficient (Wildman–Crippen LogP) is 6.32. The number of fused-ring (bicyclic) bond motifs is 3. The highest BCUT2D eigenvalue weighted by Crippen LogP contribution is 2.56. The van der Waals surface area contributed by atoms with Crippen LogP contribution in [0.25, 0.3) is 32.9 Å². The Morgan fingerprint density at radius 3 is 2.57 bits per heavy atom. The topological polar surface area (TPSA) is 143 Å².